The lowest BCUT2D eigenvalue weighted by atomic mass is 9.44. The van der Waals surface area contributed by atoms with Gasteiger partial charge in [-0.1, -0.05) is 20.8 Å². The minimum Gasteiger partial charge on any atom is -0.481 e. The summed E-state index contributed by atoms with van der Waals surface area (Å²) in [5.74, 6) is 2.61. The van der Waals surface area contributed by atoms with Gasteiger partial charge in [0, 0.05) is 6.42 Å². The molecular formula is C24H40O4. The fourth-order valence-electron chi connectivity index (χ4n) is 8.81. The number of carboxylic acid groups (broad SMARTS) is 1. The van der Waals surface area contributed by atoms with E-state index in [1.54, 1.807) is 0 Å². The normalized spacial score (nSPS) is 51.7. The van der Waals surface area contributed by atoms with Gasteiger partial charge in [-0.25, -0.2) is 0 Å². The monoisotopic (exact) mass is 392 g/mol. The standard InChI is InChI=1S/C24H40O4/c1-14(4-7-22(27)28)17-5-6-18-16-13-21(26)20-12-15(25)8-10-24(20,3)19(16)9-11-23(17,18)2/h14-21,25-26H,4-13H2,1-3H3,(H,27,28)/t14?,15?,16-,17+,18-,19-,20?,21?,23+,24+/m0/s1. The molecule has 0 heterocycles. The highest BCUT2D eigenvalue weighted by atomic mass is 16.4. The topological polar surface area (TPSA) is 77.8 Å². The van der Waals surface area contributed by atoms with Crippen molar-refractivity contribution in [2.24, 2.45) is 46.3 Å². The SMILES string of the molecule is CC(CCC(=O)O)[C@H]1CC[C@H]2[C@@H]3CC(O)C4CC(O)CC[C@]4(C)[C@H]3CC[C@]12C. The van der Waals surface area contributed by atoms with E-state index in [1.807, 2.05) is 0 Å². The molecule has 4 rings (SSSR count). The van der Waals surface area contributed by atoms with Crippen molar-refractivity contribution in [3.05, 3.63) is 0 Å². The lowest BCUT2D eigenvalue weighted by molar-refractivity contribution is -0.172. The third-order valence-electron chi connectivity index (χ3n) is 10.2. The molecule has 0 spiro atoms. The van der Waals surface area contributed by atoms with E-state index in [2.05, 4.69) is 20.8 Å². The van der Waals surface area contributed by atoms with E-state index in [1.165, 1.54) is 25.7 Å². The zero-order chi connectivity index (χ0) is 20.3. The average Bonchev–Trinajstić information content (AvgIpc) is 2.99. The maximum Gasteiger partial charge on any atom is 0.303 e. The van der Waals surface area contributed by atoms with Crippen LogP contribution in [0.5, 0.6) is 0 Å². The lowest BCUT2D eigenvalue weighted by Gasteiger charge is -2.62. The van der Waals surface area contributed by atoms with Crippen LogP contribution in [0.15, 0.2) is 0 Å². The largest absolute Gasteiger partial charge is 0.481 e. The summed E-state index contributed by atoms with van der Waals surface area (Å²) >= 11 is 0. The molecule has 10 atom stereocenters. The molecule has 0 aromatic rings. The predicted octanol–water partition coefficient (Wildman–Crippen LogP) is 4.48. The Morgan fingerprint density at radius 3 is 2.36 bits per heavy atom. The quantitative estimate of drug-likeness (QED) is 0.659. The highest BCUT2D eigenvalue weighted by Gasteiger charge is 2.62. The molecule has 4 heteroatoms. The van der Waals surface area contributed by atoms with Crippen molar-refractivity contribution >= 4 is 5.97 Å². The lowest BCUT2D eigenvalue weighted by Crippen LogP contribution is -2.58. The number of rotatable bonds is 4. The van der Waals surface area contributed by atoms with E-state index in [0.29, 0.717) is 35.0 Å². The van der Waals surface area contributed by atoms with Crippen molar-refractivity contribution in [2.75, 3.05) is 0 Å². The number of hydrogen-bond acceptors (Lipinski definition) is 3. The Hall–Kier alpha value is -0.610. The van der Waals surface area contributed by atoms with Crippen molar-refractivity contribution in [3.8, 4) is 0 Å². The van der Waals surface area contributed by atoms with E-state index in [-0.39, 0.29) is 30.0 Å². The summed E-state index contributed by atoms with van der Waals surface area (Å²) < 4.78 is 0. The van der Waals surface area contributed by atoms with Crippen molar-refractivity contribution in [3.63, 3.8) is 0 Å². The molecule has 0 aromatic heterocycles. The van der Waals surface area contributed by atoms with Gasteiger partial charge in [0.25, 0.3) is 0 Å². The first-order valence-electron chi connectivity index (χ1n) is 11.7. The van der Waals surface area contributed by atoms with Gasteiger partial charge in [0.1, 0.15) is 0 Å². The van der Waals surface area contributed by atoms with E-state index >= 15 is 0 Å². The van der Waals surface area contributed by atoms with Gasteiger partial charge < -0.3 is 15.3 Å². The summed E-state index contributed by atoms with van der Waals surface area (Å²) in [5.41, 5.74) is 0.478. The Balaban J connectivity index is 1.55. The number of aliphatic hydroxyl groups excluding tert-OH is 2. The molecule has 0 bridgehead atoms. The fourth-order valence-corrected chi connectivity index (χ4v) is 8.81. The summed E-state index contributed by atoms with van der Waals surface area (Å²) in [6, 6.07) is 0. The second kappa shape index (κ2) is 7.27. The number of hydrogen-bond donors (Lipinski definition) is 3. The Kier molecular flexibility index (Phi) is 5.36. The van der Waals surface area contributed by atoms with Gasteiger partial charge in [-0.2, -0.15) is 0 Å². The Morgan fingerprint density at radius 2 is 1.64 bits per heavy atom. The molecule has 4 nitrogen and oxygen atoms in total. The van der Waals surface area contributed by atoms with Crippen LogP contribution in [-0.2, 0) is 4.79 Å². The number of fused-ring (bicyclic) bond motifs is 5. The van der Waals surface area contributed by atoms with E-state index in [9.17, 15) is 15.0 Å². The Bertz CT molecular complexity index is 605. The molecular weight excluding hydrogens is 352 g/mol. The maximum atomic E-state index is 11.1. The van der Waals surface area contributed by atoms with Crippen molar-refractivity contribution in [2.45, 2.75) is 97.2 Å². The van der Waals surface area contributed by atoms with Crippen molar-refractivity contribution in [1.82, 2.24) is 0 Å². The molecule has 160 valence electrons. The molecule has 0 aliphatic heterocycles. The summed E-state index contributed by atoms with van der Waals surface area (Å²) in [6.07, 6.45) is 9.16. The highest BCUT2D eigenvalue weighted by molar-refractivity contribution is 5.66. The van der Waals surface area contributed by atoms with Gasteiger partial charge in [0.15, 0.2) is 0 Å². The van der Waals surface area contributed by atoms with Crippen LogP contribution >= 0.6 is 0 Å². The molecule has 0 saturated heterocycles. The molecule has 0 amide bonds. The molecule has 28 heavy (non-hydrogen) atoms. The summed E-state index contributed by atoms with van der Waals surface area (Å²) in [7, 11) is 0. The number of carboxylic acids is 1. The number of carbonyl (C=O) groups is 1. The molecule has 4 saturated carbocycles. The van der Waals surface area contributed by atoms with Crippen LogP contribution in [0.1, 0.15) is 85.0 Å². The first-order valence-corrected chi connectivity index (χ1v) is 11.7. The fraction of sp³-hybridized carbons (Fsp3) is 0.958. The summed E-state index contributed by atoms with van der Waals surface area (Å²) in [6.45, 7) is 7.16. The maximum absolute atomic E-state index is 11.1. The van der Waals surface area contributed by atoms with Gasteiger partial charge in [-0.15, -0.1) is 0 Å². The first kappa shape index (κ1) is 20.7. The molecule has 4 aliphatic rings. The minimum absolute atomic E-state index is 0.176. The average molecular weight is 393 g/mol. The minimum atomic E-state index is -0.677. The second-order valence-corrected chi connectivity index (χ2v) is 11.4. The van der Waals surface area contributed by atoms with Gasteiger partial charge in [-0.05, 0) is 104 Å². The Labute approximate surface area is 170 Å². The summed E-state index contributed by atoms with van der Waals surface area (Å²) in [5, 5.41) is 30.4. The van der Waals surface area contributed by atoms with E-state index in [4.69, 9.17) is 5.11 Å². The van der Waals surface area contributed by atoms with E-state index in [0.717, 1.165) is 32.1 Å². The van der Waals surface area contributed by atoms with Crippen molar-refractivity contribution < 1.29 is 20.1 Å². The highest BCUT2D eigenvalue weighted by Crippen LogP contribution is 2.68. The zero-order valence-electron chi connectivity index (χ0n) is 17.9. The van der Waals surface area contributed by atoms with Gasteiger partial charge in [-0.3, -0.25) is 4.79 Å². The van der Waals surface area contributed by atoms with Crippen molar-refractivity contribution in [1.29, 1.82) is 0 Å². The van der Waals surface area contributed by atoms with Crippen LogP contribution in [0.4, 0.5) is 0 Å². The second-order valence-electron chi connectivity index (χ2n) is 11.4. The van der Waals surface area contributed by atoms with Gasteiger partial charge in [0.2, 0.25) is 0 Å². The molecule has 4 fully saturated rings. The summed E-state index contributed by atoms with van der Waals surface area (Å²) in [4.78, 5) is 11.1. The van der Waals surface area contributed by atoms with Crippen LogP contribution in [0.25, 0.3) is 0 Å². The van der Waals surface area contributed by atoms with E-state index < -0.39 is 5.97 Å². The predicted molar refractivity (Wildman–Crippen MR) is 109 cm³/mol. The number of aliphatic carboxylic acids is 1. The molecule has 0 aromatic carbocycles. The van der Waals surface area contributed by atoms with Crippen LogP contribution in [0.3, 0.4) is 0 Å². The third kappa shape index (κ3) is 3.14. The van der Waals surface area contributed by atoms with Crippen LogP contribution < -0.4 is 0 Å². The molecule has 0 radical (unpaired) electrons. The molecule has 4 unspecified atom stereocenters. The van der Waals surface area contributed by atoms with Crippen LogP contribution in [-0.4, -0.2) is 33.5 Å². The van der Waals surface area contributed by atoms with Crippen LogP contribution in [0.2, 0.25) is 0 Å². The molecule has 4 aliphatic carbocycles. The zero-order valence-corrected chi connectivity index (χ0v) is 17.9. The smallest absolute Gasteiger partial charge is 0.303 e. The first-order chi connectivity index (χ1) is 13.2. The Morgan fingerprint density at radius 1 is 0.964 bits per heavy atom. The van der Waals surface area contributed by atoms with Gasteiger partial charge in [0.05, 0.1) is 12.2 Å². The third-order valence-corrected chi connectivity index (χ3v) is 10.2. The molecule has 3 N–H and O–H groups in total. The van der Waals surface area contributed by atoms with Crippen LogP contribution in [0, 0.1) is 46.3 Å². The number of aliphatic hydroxyl groups is 2. The van der Waals surface area contributed by atoms with Gasteiger partial charge >= 0.3 is 5.97 Å².